The topological polar surface area (TPSA) is 99.9 Å². The SMILES string of the molecule is COc1cc(C(=O)OC(C)C(=O)Nc2cc(C)on2)ccc1OCCC(C)C. The Morgan fingerprint density at radius 3 is 2.54 bits per heavy atom. The molecule has 1 unspecified atom stereocenters. The molecule has 0 bridgehead atoms. The minimum Gasteiger partial charge on any atom is -0.493 e. The molecule has 0 saturated heterocycles. The van der Waals surface area contributed by atoms with E-state index in [1.807, 2.05) is 0 Å². The van der Waals surface area contributed by atoms with Gasteiger partial charge in [-0.3, -0.25) is 4.79 Å². The number of anilines is 1. The first-order chi connectivity index (χ1) is 13.3. The van der Waals surface area contributed by atoms with Gasteiger partial charge in [-0.05, 0) is 44.4 Å². The summed E-state index contributed by atoms with van der Waals surface area (Å²) in [6, 6.07) is 6.31. The number of aryl methyl sites for hydroxylation is 1. The molecule has 1 aromatic heterocycles. The van der Waals surface area contributed by atoms with Gasteiger partial charge in [-0.2, -0.15) is 0 Å². The highest BCUT2D eigenvalue weighted by Gasteiger charge is 2.21. The molecule has 0 aliphatic carbocycles. The van der Waals surface area contributed by atoms with E-state index in [1.54, 1.807) is 25.1 Å². The van der Waals surface area contributed by atoms with Crippen LogP contribution in [0.3, 0.4) is 0 Å². The number of amides is 1. The van der Waals surface area contributed by atoms with Crippen LogP contribution in [-0.2, 0) is 9.53 Å². The zero-order valence-corrected chi connectivity index (χ0v) is 16.8. The molecule has 1 aromatic carbocycles. The summed E-state index contributed by atoms with van der Waals surface area (Å²) >= 11 is 0. The lowest BCUT2D eigenvalue weighted by Gasteiger charge is -2.15. The quantitative estimate of drug-likeness (QED) is 0.653. The Morgan fingerprint density at radius 2 is 1.93 bits per heavy atom. The van der Waals surface area contributed by atoms with Crippen LogP contribution in [0.15, 0.2) is 28.8 Å². The van der Waals surface area contributed by atoms with Crippen LogP contribution in [0.5, 0.6) is 11.5 Å². The van der Waals surface area contributed by atoms with E-state index in [0.717, 1.165) is 6.42 Å². The number of carbonyl (C=O) groups is 2. The molecule has 8 heteroatoms. The predicted octanol–water partition coefficient (Wildman–Crippen LogP) is 3.60. The number of rotatable bonds is 9. The number of esters is 1. The average Bonchev–Trinajstić information content (AvgIpc) is 3.06. The summed E-state index contributed by atoms with van der Waals surface area (Å²) in [5.74, 6) is 1.15. The van der Waals surface area contributed by atoms with Crippen LogP contribution in [0, 0.1) is 12.8 Å². The Bertz CT molecular complexity index is 815. The number of carbonyl (C=O) groups excluding carboxylic acids is 2. The smallest absolute Gasteiger partial charge is 0.339 e. The fourth-order valence-electron chi connectivity index (χ4n) is 2.25. The molecule has 0 saturated carbocycles. The van der Waals surface area contributed by atoms with Crippen LogP contribution in [0.4, 0.5) is 5.82 Å². The summed E-state index contributed by atoms with van der Waals surface area (Å²) in [6.07, 6.45) is -0.109. The third-order valence-electron chi connectivity index (χ3n) is 3.88. The van der Waals surface area contributed by atoms with Gasteiger partial charge in [0, 0.05) is 6.07 Å². The van der Waals surface area contributed by atoms with Gasteiger partial charge in [0.25, 0.3) is 5.91 Å². The number of hydrogen-bond acceptors (Lipinski definition) is 7. The molecule has 8 nitrogen and oxygen atoms in total. The normalized spacial score (nSPS) is 11.8. The van der Waals surface area contributed by atoms with Gasteiger partial charge in [-0.1, -0.05) is 19.0 Å². The minimum atomic E-state index is -1.02. The van der Waals surface area contributed by atoms with Gasteiger partial charge in [-0.25, -0.2) is 4.79 Å². The van der Waals surface area contributed by atoms with E-state index in [2.05, 4.69) is 24.3 Å². The number of ether oxygens (including phenoxy) is 3. The second kappa shape index (κ2) is 9.77. The molecule has 1 atom stereocenters. The van der Waals surface area contributed by atoms with Crippen LogP contribution >= 0.6 is 0 Å². The van der Waals surface area contributed by atoms with Gasteiger partial charge in [0.15, 0.2) is 23.4 Å². The maximum atomic E-state index is 12.4. The summed E-state index contributed by atoms with van der Waals surface area (Å²) in [5, 5.41) is 6.18. The average molecular weight is 390 g/mol. The number of nitrogens with one attached hydrogen (secondary N) is 1. The highest BCUT2D eigenvalue weighted by Crippen LogP contribution is 2.29. The maximum absolute atomic E-state index is 12.4. The van der Waals surface area contributed by atoms with Crippen LogP contribution in [0.1, 0.15) is 43.3 Å². The second-order valence-corrected chi connectivity index (χ2v) is 6.76. The van der Waals surface area contributed by atoms with Crippen molar-refractivity contribution in [3.8, 4) is 11.5 Å². The molecule has 0 aliphatic rings. The molecule has 152 valence electrons. The molecule has 2 rings (SSSR count). The summed E-state index contributed by atoms with van der Waals surface area (Å²) in [7, 11) is 1.50. The molecule has 0 fully saturated rings. The van der Waals surface area contributed by atoms with Crippen LogP contribution in [0.25, 0.3) is 0 Å². The van der Waals surface area contributed by atoms with Crippen molar-refractivity contribution in [2.24, 2.45) is 5.92 Å². The fourth-order valence-corrected chi connectivity index (χ4v) is 2.25. The van der Waals surface area contributed by atoms with Gasteiger partial charge in [0.1, 0.15) is 5.76 Å². The van der Waals surface area contributed by atoms with Crippen molar-refractivity contribution in [1.29, 1.82) is 0 Å². The highest BCUT2D eigenvalue weighted by atomic mass is 16.5. The van der Waals surface area contributed by atoms with Crippen molar-refractivity contribution in [3.05, 3.63) is 35.6 Å². The Morgan fingerprint density at radius 1 is 1.18 bits per heavy atom. The first-order valence-electron chi connectivity index (χ1n) is 9.06. The molecule has 28 heavy (non-hydrogen) atoms. The van der Waals surface area contributed by atoms with Gasteiger partial charge in [0.05, 0.1) is 19.3 Å². The number of methoxy groups -OCH3 is 1. The van der Waals surface area contributed by atoms with E-state index in [9.17, 15) is 9.59 Å². The molecule has 2 aromatic rings. The van der Waals surface area contributed by atoms with Crippen LogP contribution in [0.2, 0.25) is 0 Å². The van der Waals surface area contributed by atoms with Gasteiger partial charge in [-0.15, -0.1) is 0 Å². The lowest BCUT2D eigenvalue weighted by atomic mass is 10.1. The van der Waals surface area contributed by atoms with Crippen molar-refractivity contribution < 1.29 is 28.3 Å². The van der Waals surface area contributed by atoms with Crippen molar-refractivity contribution in [2.45, 2.75) is 40.2 Å². The van der Waals surface area contributed by atoms with E-state index in [-0.39, 0.29) is 11.4 Å². The maximum Gasteiger partial charge on any atom is 0.339 e. The third kappa shape index (κ3) is 6.00. The summed E-state index contributed by atoms with van der Waals surface area (Å²) < 4.78 is 21.1. The lowest BCUT2D eigenvalue weighted by Crippen LogP contribution is -2.30. The minimum absolute atomic E-state index is 0.255. The number of benzene rings is 1. The van der Waals surface area contributed by atoms with E-state index in [0.29, 0.717) is 29.8 Å². The van der Waals surface area contributed by atoms with E-state index < -0.39 is 18.0 Å². The standard InChI is InChI=1S/C20H26N2O6/c1-12(2)8-9-26-16-7-6-15(11-17(16)25-5)20(24)27-14(4)19(23)21-18-10-13(3)28-22-18/h6-7,10-12,14H,8-9H2,1-5H3,(H,21,22,23). The van der Waals surface area contributed by atoms with Crippen molar-refractivity contribution in [2.75, 3.05) is 19.0 Å². The molecule has 0 radical (unpaired) electrons. The van der Waals surface area contributed by atoms with E-state index in [4.69, 9.17) is 18.7 Å². The number of nitrogens with zero attached hydrogens (tertiary/aromatic N) is 1. The van der Waals surface area contributed by atoms with Gasteiger partial charge in [0.2, 0.25) is 0 Å². The monoisotopic (exact) mass is 390 g/mol. The lowest BCUT2D eigenvalue weighted by molar-refractivity contribution is -0.123. The summed E-state index contributed by atoms with van der Waals surface area (Å²) in [6.45, 7) is 7.95. The molecule has 1 N–H and O–H groups in total. The second-order valence-electron chi connectivity index (χ2n) is 6.76. The molecule has 0 spiro atoms. The fraction of sp³-hybridized carbons (Fsp3) is 0.450. The zero-order chi connectivity index (χ0) is 20.7. The molecular formula is C20H26N2O6. The van der Waals surface area contributed by atoms with Gasteiger partial charge >= 0.3 is 5.97 Å². The number of aromatic nitrogens is 1. The first kappa shape index (κ1) is 21.3. The van der Waals surface area contributed by atoms with Crippen LogP contribution < -0.4 is 14.8 Å². The number of hydrogen-bond donors (Lipinski definition) is 1. The van der Waals surface area contributed by atoms with E-state index >= 15 is 0 Å². The predicted molar refractivity (Wildman–Crippen MR) is 103 cm³/mol. The largest absolute Gasteiger partial charge is 0.493 e. The molecule has 1 heterocycles. The molecule has 1 amide bonds. The zero-order valence-electron chi connectivity index (χ0n) is 16.8. The first-order valence-corrected chi connectivity index (χ1v) is 9.06. The Balaban J connectivity index is 1.97. The summed E-state index contributed by atoms with van der Waals surface area (Å²) in [5.41, 5.74) is 0.255. The molecule has 0 aliphatic heterocycles. The Kier molecular flexibility index (Phi) is 7.43. The third-order valence-corrected chi connectivity index (χ3v) is 3.88. The van der Waals surface area contributed by atoms with E-state index in [1.165, 1.54) is 20.1 Å². The van der Waals surface area contributed by atoms with Gasteiger partial charge < -0.3 is 24.1 Å². The molecular weight excluding hydrogens is 364 g/mol. The van der Waals surface area contributed by atoms with Crippen molar-refractivity contribution >= 4 is 17.7 Å². The van der Waals surface area contributed by atoms with Crippen molar-refractivity contribution in [3.63, 3.8) is 0 Å². The van der Waals surface area contributed by atoms with Crippen LogP contribution in [-0.4, -0.2) is 36.9 Å². The summed E-state index contributed by atoms with van der Waals surface area (Å²) in [4.78, 5) is 24.5. The Labute approximate surface area is 164 Å². The highest BCUT2D eigenvalue weighted by molar-refractivity contribution is 5.97. The van der Waals surface area contributed by atoms with Crippen molar-refractivity contribution in [1.82, 2.24) is 5.16 Å². The Hall–Kier alpha value is -3.03.